The number of hydrogen-bond donors (Lipinski definition) is 0. The second-order valence-corrected chi connectivity index (χ2v) is 17.9. The van der Waals surface area contributed by atoms with Gasteiger partial charge in [0.1, 0.15) is 0 Å². The third-order valence-corrected chi connectivity index (χ3v) is 12.7. The average Bonchev–Trinajstić information content (AvgIpc) is 3.44. The Morgan fingerprint density at radius 2 is 1.34 bits per heavy atom. The van der Waals surface area contributed by atoms with Crippen molar-refractivity contribution < 1.29 is 0 Å². The molecule has 0 amide bonds. The summed E-state index contributed by atoms with van der Waals surface area (Å²) < 4.78 is 0. The highest BCUT2D eigenvalue weighted by Gasteiger charge is 2.57. The van der Waals surface area contributed by atoms with E-state index in [1.807, 2.05) is 27.7 Å². The smallest absolute Gasteiger partial charge is 0.0152 e. The Balaban J connectivity index is 0.000000792. The number of rotatable bonds is 7. The minimum Gasteiger partial charge on any atom is -0.100 e. The molecule has 0 aromatic heterocycles. The molecule has 4 aliphatic carbocycles. The third-order valence-electron chi connectivity index (χ3n) is 12.7. The van der Waals surface area contributed by atoms with Crippen molar-refractivity contribution >= 4 is 0 Å². The first-order valence-corrected chi connectivity index (χ1v) is 22.0. The van der Waals surface area contributed by atoms with Crippen molar-refractivity contribution in [1.29, 1.82) is 0 Å². The fraction of sp³-hybridized carbons (Fsp3) is 0.800. The molecule has 5 rings (SSSR count). The third kappa shape index (κ3) is 15.0. The van der Waals surface area contributed by atoms with Crippen molar-refractivity contribution in [3.05, 3.63) is 59.2 Å². The van der Waals surface area contributed by atoms with Crippen molar-refractivity contribution in [2.24, 2.45) is 52.3 Å². The maximum atomic E-state index is 4.37. The minimum atomic E-state index is 0.590. The number of aryl methyl sites for hydroxylation is 3. The molecule has 0 N–H and O–H groups in total. The molecule has 4 aliphatic rings. The number of allylic oxidation sites excluding steroid dienone is 2. The summed E-state index contributed by atoms with van der Waals surface area (Å²) >= 11 is 0. The van der Waals surface area contributed by atoms with Crippen LogP contribution in [0.2, 0.25) is 0 Å². The van der Waals surface area contributed by atoms with Crippen molar-refractivity contribution in [2.45, 2.75) is 207 Å². The lowest BCUT2D eigenvalue weighted by atomic mass is 9.48. The zero-order chi connectivity index (χ0) is 38.7. The van der Waals surface area contributed by atoms with E-state index in [4.69, 9.17) is 0 Å². The van der Waals surface area contributed by atoms with E-state index in [0.29, 0.717) is 10.8 Å². The quantitative estimate of drug-likeness (QED) is 0.197. The lowest BCUT2D eigenvalue weighted by Crippen LogP contribution is -2.49. The van der Waals surface area contributed by atoms with E-state index in [-0.39, 0.29) is 0 Å². The molecule has 8 unspecified atom stereocenters. The lowest BCUT2D eigenvalue weighted by molar-refractivity contribution is -0.0752. The van der Waals surface area contributed by atoms with Gasteiger partial charge in [-0.2, -0.15) is 0 Å². The predicted molar refractivity (Wildman–Crippen MR) is 231 cm³/mol. The molecule has 0 aliphatic heterocycles. The summed E-state index contributed by atoms with van der Waals surface area (Å²) in [6.07, 6.45) is 21.2. The summed E-state index contributed by atoms with van der Waals surface area (Å²) in [5.74, 6) is 6.94. The van der Waals surface area contributed by atoms with Crippen LogP contribution < -0.4 is 0 Å². The standard InChI is InChI=1S/C24H40.C15H22.C4H10.C3H8.2C2H6/c1-6-23(4)13-11-18-17(15-23)7-8-20-19(18)12-14-24(5)21(16(2)3)9-10-22(20)24;1-12(2)7-5-6-8-15-10-9-13(3)14(4)11-15;1-4(2)3;1-3-2;2*1-2/h17-22H,2,6-15H2,1,3-5H3;9-11H,1,5-8H2,2-4H3;4H,1-3H3;3H2,1-2H3;2*1-2H3. The van der Waals surface area contributed by atoms with Gasteiger partial charge in [0, 0.05) is 0 Å². The molecule has 1 aromatic rings. The summed E-state index contributed by atoms with van der Waals surface area (Å²) in [5, 5.41) is 0. The number of unbranched alkanes of at least 4 members (excludes halogenated alkanes) is 1. The Kier molecular flexibility index (Phi) is 24.2. The van der Waals surface area contributed by atoms with Gasteiger partial charge in [0.05, 0.1) is 0 Å². The van der Waals surface area contributed by atoms with E-state index in [2.05, 4.69) is 114 Å². The van der Waals surface area contributed by atoms with E-state index < -0.39 is 0 Å². The molecule has 0 heteroatoms. The van der Waals surface area contributed by atoms with Gasteiger partial charge >= 0.3 is 0 Å². The van der Waals surface area contributed by atoms with E-state index in [0.717, 1.165) is 41.4 Å². The molecule has 0 spiro atoms. The minimum absolute atomic E-state index is 0.590. The first-order valence-electron chi connectivity index (χ1n) is 22.0. The highest BCUT2D eigenvalue weighted by molar-refractivity contribution is 5.29. The molecule has 4 saturated carbocycles. The Hall–Kier alpha value is -1.30. The van der Waals surface area contributed by atoms with Crippen LogP contribution in [0, 0.1) is 66.1 Å². The Labute approximate surface area is 317 Å². The molecule has 8 atom stereocenters. The zero-order valence-electron chi connectivity index (χ0n) is 37.3. The molecule has 1 aromatic carbocycles. The Bertz CT molecular complexity index is 1060. The van der Waals surface area contributed by atoms with Crippen LogP contribution in [0.4, 0.5) is 0 Å². The van der Waals surface area contributed by atoms with Crippen LogP contribution in [0.3, 0.4) is 0 Å². The highest BCUT2D eigenvalue weighted by Crippen LogP contribution is 2.66. The SMILES string of the molecule is C=C(C)C1CCC2C3CCC4CC(C)(CC)CCC4C3CCC12C.C=C(C)CCCCc1ccc(C)c(C)c1.CC.CC.CC(C)C.CCC. The average molecular weight is 693 g/mol. The van der Waals surface area contributed by atoms with Crippen molar-refractivity contribution in [3.8, 4) is 0 Å². The zero-order valence-corrected chi connectivity index (χ0v) is 37.3. The van der Waals surface area contributed by atoms with E-state index in [1.54, 1.807) is 19.3 Å². The normalized spacial score (nSPS) is 30.3. The van der Waals surface area contributed by atoms with Gasteiger partial charge < -0.3 is 0 Å². The van der Waals surface area contributed by atoms with Crippen LogP contribution in [0.5, 0.6) is 0 Å². The molecular formula is C50H92. The van der Waals surface area contributed by atoms with E-state index >= 15 is 0 Å². The molecule has 292 valence electrons. The summed E-state index contributed by atoms with van der Waals surface area (Å²) in [6, 6.07) is 6.79. The maximum Gasteiger partial charge on any atom is -0.0152 e. The van der Waals surface area contributed by atoms with Crippen LogP contribution in [-0.2, 0) is 6.42 Å². The van der Waals surface area contributed by atoms with Crippen molar-refractivity contribution in [2.75, 3.05) is 0 Å². The largest absolute Gasteiger partial charge is 0.100 e. The Morgan fingerprint density at radius 1 is 0.760 bits per heavy atom. The Morgan fingerprint density at radius 3 is 1.86 bits per heavy atom. The summed E-state index contributed by atoms with van der Waals surface area (Å²) in [5.41, 5.74) is 8.30. The first kappa shape index (κ1) is 48.7. The summed E-state index contributed by atoms with van der Waals surface area (Å²) in [7, 11) is 0. The predicted octanol–water partition coefficient (Wildman–Crippen LogP) is 17.0. The second kappa shape index (κ2) is 24.9. The molecule has 50 heavy (non-hydrogen) atoms. The molecule has 0 nitrogen and oxygen atoms in total. The van der Waals surface area contributed by atoms with Crippen LogP contribution >= 0.6 is 0 Å². The van der Waals surface area contributed by atoms with Gasteiger partial charge in [-0.3, -0.25) is 0 Å². The molecule has 4 fully saturated rings. The molecule has 0 bridgehead atoms. The topological polar surface area (TPSA) is 0 Å². The van der Waals surface area contributed by atoms with Gasteiger partial charge in [-0.25, -0.2) is 0 Å². The van der Waals surface area contributed by atoms with Crippen molar-refractivity contribution in [1.82, 2.24) is 0 Å². The van der Waals surface area contributed by atoms with Gasteiger partial charge in [-0.1, -0.05) is 132 Å². The molecular weight excluding hydrogens is 601 g/mol. The number of hydrogen-bond acceptors (Lipinski definition) is 0. The fourth-order valence-electron chi connectivity index (χ4n) is 10.0. The summed E-state index contributed by atoms with van der Waals surface area (Å²) in [4.78, 5) is 0. The summed E-state index contributed by atoms with van der Waals surface area (Å²) in [6.45, 7) is 43.4. The lowest BCUT2D eigenvalue weighted by Gasteiger charge is -2.57. The van der Waals surface area contributed by atoms with E-state index in [1.165, 1.54) is 105 Å². The molecule has 0 saturated heterocycles. The van der Waals surface area contributed by atoms with Gasteiger partial charge in [-0.05, 0) is 180 Å². The van der Waals surface area contributed by atoms with Crippen LogP contribution in [0.15, 0.2) is 42.5 Å². The van der Waals surface area contributed by atoms with Gasteiger partial charge in [0.15, 0.2) is 0 Å². The van der Waals surface area contributed by atoms with Gasteiger partial charge in [-0.15, -0.1) is 6.58 Å². The number of benzene rings is 1. The highest BCUT2D eigenvalue weighted by atomic mass is 14.6. The van der Waals surface area contributed by atoms with E-state index in [9.17, 15) is 0 Å². The number of fused-ring (bicyclic) bond motifs is 5. The second-order valence-electron chi connectivity index (χ2n) is 17.9. The molecule has 0 heterocycles. The first-order chi connectivity index (χ1) is 23.6. The van der Waals surface area contributed by atoms with Crippen LogP contribution in [0.25, 0.3) is 0 Å². The van der Waals surface area contributed by atoms with Gasteiger partial charge in [0.25, 0.3) is 0 Å². The van der Waals surface area contributed by atoms with Gasteiger partial charge in [0.2, 0.25) is 0 Å². The van der Waals surface area contributed by atoms with Crippen LogP contribution in [0.1, 0.15) is 204 Å². The van der Waals surface area contributed by atoms with Crippen LogP contribution in [-0.4, -0.2) is 0 Å². The molecule has 0 radical (unpaired) electrons. The monoisotopic (exact) mass is 693 g/mol. The fourth-order valence-corrected chi connectivity index (χ4v) is 10.0. The van der Waals surface area contributed by atoms with Crippen molar-refractivity contribution in [3.63, 3.8) is 0 Å². The maximum absolute atomic E-state index is 4.37.